The van der Waals surface area contributed by atoms with Crippen molar-refractivity contribution in [1.82, 2.24) is 9.80 Å². The Kier molecular flexibility index (Phi) is 2.91. The maximum Gasteiger partial charge on any atom is 0.398 e. The maximum absolute atomic E-state index is 11.1. The Labute approximate surface area is 94.8 Å². The first kappa shape index (κ1) is 11.3. The Morgan fingerprint density at radius 3 is 1.59 bits per heavy atom. The Bertz CT molecular complexity index is 357. The zero-order chi connectivity index (χ0) is 12.4. The van der Waals surface area contributed by atoms with Gasteiger partial charge in [-0.15, -0.1) is 0 Å². The summed E-state index contributed by atoms with van der Waals surface area (Å²) in [5, 5.41) is 0. The largest absolute Gasteiger partial charge is 0.437 e. The third-order valence-electron chi connectivity index (χ3n) is 2.12. The fraction of sp³-hybridized carbons (Fsp3) is 0.500. The van der Waals surface area contributed by atoms with Crippen LogP contribution in [0.3, 0.4) is 0 Å². The van der Waals surface area contributed by atoms with E-state index in [0.29, 0.717) is 0 Å². The number of hydrogen-bond donors (Lipinski definition) is 0. The smallest absolute Gasteiger partial charge is 0.398 e. The van der Waals surface area contributed by atoms with E-state index in [2.05, 4.69) is 9.47 Å². The lowest BCUT2D eigenvalue weighted by atomic mass is 10.6. The highest BCUT2D eigenvalue weighted by molar-refractivity contribution is 6.34. The second kappa shape index (κ2) is 4.37. The number of carbonyl (C=O) groups excluding carboxylic acids is 4. The highest BCUT2D eigenvalue weighted by Crippen LogP contribution is 2.05. The molecule has 0 atom stereocenters. The van der Waals surface area contributed by atoms with Crippen molar-refractivity contribution in [3.63, 3.8) is 0 Å². The number of esters is 2. The van der Waals surface area contributed by atoms with Crippen molar-refractivity contribution in [3.05, 3.63) is 0 Å². The molecular formula is C8H8N2O7. The lowest BCUT2D eigenvalue weighted by Gasteiger charge is -2.16. The van der Waals surface area contributed by atoms with Gasteiger partial charge >= 0.3 is 23.8 Å². The van der Waals surface area contributed by atoms with E-state index in [4.69, 9.17) is 4.74 Å². The van der Waals surface area contributed by atoms with E-state index in [-0.39, 0.29) is 26.9 Å². The number of amides is 2. The lowest BCUT2D eigenvalue weighted by molar-refractivity contribution is -0.150. The van der Waals surface area contributed by atoms with Crippen molar-refractivity contribution in [2.75, 3.05) is 26.9 Å². The highest BCUT2D eigenvalue weighted by Gasteiger charge is 2.33. The zero-order valence-electron chi connectivity index (χ0n) is 8.58. The fourth-order valence-corrected chi connectivity index (χ4v) is 1.23. The molecule has 2 saturated heterocycles. The first-order valence-electron chi connectivity index (χ1n) is 4.59. The fourth-order valence-electron chi connectivity index (χ4n) is 1.23. The van der Waals surface area contributed by atoms with Crippen LogP contribution in [0.2, 0.25) is 0 Å². The molecule has 0 N–H and O–H groups in total. The summed E-state index contributed by atoms with van der Waals surface area (Å²) in [6, 6.07) is 0. The van der Waals surface area contributed by atoms with Crippen LogP contribution in [0.4, 0.5) is 0 Å². The van der Waals surface area contributed by atoms with Crippen molar-refractivity contribution in [2.24, 2.45) is 0 Å². The predicted octanol–water partition coefficient (Wildman–Crippen LogP) is -2.40. The van der Waals surface area contributed by atoms with Crippen molar-refractivity contribution in [1.29, 1.82) is 0 Å². The molecule has 9 heteroatoms. The molecule has 0 aromatic carbocycles. The first-order valence-corrected chi connectivity index (χ1v) is 4.59. The third kappa shape index (κ3) is 2.18. The number of rotatable bonds is 4. The molecule has 0 unspecified atom stereocenters. The molecule has 2 fully saturated rings. The normalized spacial score (nSPS) is 20.0. The molecule has 0 aromatic heterocycles. The van der Waals surface area contributed by atoms with Gasteiger partial charge in [0.25, 0.3) is 0 Å². The van der Waals surface area contributed by atoms with Gasteiger partial charge in [0.15, 0.2) is 13.5 Å². The van der Waals surface area contributed by atoms with Gasteiger partial charge in [-0.3, -0.25) is 19.4 Å². The molecule has 2 heterocycles. The molecule has 2 amide bonds. The summed E-state index contributed by atoms with van der Waals surface area (Å²) in [4.78, 5) is 45.6. The Balaban J connectivity index is 1.73. The minimum absolute atomic E-state index is 0.180. The van der Waals surface area contributed by atoms with Crippen molar-refractivity contribution in [3.8, 4) is 0 Å². The molecule has 92 valence electrons. The van der Waals surface area contributed by atoms with Gasteiger partial charge in [-0.1, -0.05) is 0 Å². The molecule has 9 nitrogen and oxygen atoms in total. The van der Waals surface area contributed by atoms with E-state index in [1.807, 2.05) is 0 Å². The van der Waals surface area contributed by atoms with Gasteiger partial charge in [0, 0.05) is 0 Å². The molecule has 2 aliphatic heterocycles. The van der Waals surface area contributed by atoms with Gasteiger partial charge < -0.3 is 14.2 Å². The number of hydrogen-bond acceptors (Lipinski definition) is 7. The minimum Gasteiger partial charge on any atom is -0.437 e. The minimum atomic E-state index is -0.940. The molecule has 0 spiro atoms. The van der Waals surface area contributed by atoms with E-state index in [1.165, 1.54) is 0 Å². The summed E-state index contributed by atoms with van der Waals surface area (Å²) < 4.78 is 13.9. The molecule has 2 aliphatic rings. The van der Waals surface area contributed by atoms with E-state index in [0.717, 1.165) is 9.80 Å². The Morgan fingerprint density at radius 2 is 1.29 bits per heavy atom. The second-order valence-corrected chi connectivity index (χ2v) is 3.27. The van der Waals surface area contributed by atoms with Crippen molar-refractivity contribution in [2.45, 2.75) is 0 Å². The van der Waals surface area contributed by atoms with Gasteiger partial charge in [0.05, 0.1) is 0 Å². The van der Waals surface area contributed by atoms with E-state index in [9.17, 15) is 19.2 Å². The van der Waals surface area contributed by atoms with E-state index in [1.54, 1.807) is 0 Å². The van der Waals surface area contributed by atoms with Crippen LogP contribution in [0.25, 0.3) is 0 Å². The molecule has 0 radical (unpaired) electrons. The molecule has 2 rings (SSSR count). The standard InChI is InChI=1S/C8H8N2O7/c11-5-7(13)16-3-9(5)1-15-2-10-4-17-8(14)6(10)12/h1-4H2. The topological polar surface area (TPSA) is 102 Å². The quantitative estimate of drug-likeness (QED) is 0.401. The average Bonchev–Trinajstić information content (AvgIpc) is 2.79. The molecular weight excluding hydrogens is 236 g/mol. The Morgan fingerprint density at radius 1 is 0.882 bits per heavy atom. The summed E-state index contributed by atoms with van der Waals surface area (Å²) in [5.41, 5.74) is 0. The van der Waals surface area contributed by atoms with Crippen LogP contribution in [0.1, 0.15) is 0 Å². The monoisotopic (exact) mass is 244 g/mol. The lowest BCUT2D eigenvalue weighted by Crippen LogP contribution is -2.35. The van der Waals surface area contributed by atoms with Crippen molar-refractivity contribution < 1.29 is 33.4 Å². The first-order chi connectivity index (χ1) is 8.09. The third-order valence-corrected chi connectivity index (χ3v) is 2.12. The van der Waals surface area contributed by atoms with Crippen LogP contribution < -0.4 is 0 Å². The van der Waals surface area contributed by atoms with Crippen LogP contribution in [-0.4, -0.2) is 60.5 Å². The van der Waals surface area contributed by atoms with Gasteiger partial charge in [0.1, 0.15) is 13.5 Å². The van der Waals surface area contributed by atoms with Crippen molar-refractivity contribution >= 4 is 23.8 Å². The molecule has 0 aromatic rings. The number of nitrogens with zero attached hydrogens (tertiary/aromatic N) is 2. The zero-order valence-corrected chi connectivity index (χ0v) is 8.58. The average molecular weight is 244 g/mol. The van der Waals surface area contributed by atoms with Crippen LogP contribution in [-0.2, 0) is 33.4 Å². The predicted molar refractivity (Wildman–Crippen MR) is 46.4 cm³/mol. The molecule has 0 saturated carbocycles. The van der Waals surface area contributed by atoms with Gasteiger partial charge in [-0.25, -0.2) is 9.59 Å². The summed E-state index contributed by atoms with van der Waals surface area (Å²) in [6.45, 7) is -0.771. The van der Waals surface area contributed by atoms with Crippen LogP contribution in [0.15, 0.2) is 0 Å². The van der Waals surface area contributed by atoms with Gasteiger partial charge in [0.2, 0.25) is 0 Å². The maximum atomic E-state index is 11.1. The van der Waals surface area contributed by atoms with E-state index < -0.39 is 23.8 Å². The SMILES string of the molecule is O=C1OCN(COCN2COC(=O)C2=O)C1=O. The summed E-state index contributed by atoms with van der Waals surface area (Å²) in [7, 11) is 0. The van der Waals surface area contributed by atoms with Gasteiger partial charge in [-0.2, -0.15) is 0 Å². The number of carbonyl (C=O) groups is 4. The van der Waals surface area contributed by atoms with Crippen LogP contribution in [0, 0.1) is 0 Å². The number of ether oxygens (including phenoxy) is 3. The molecule has 0 bridgehead atoms. The summed E-state index contributed by atoms with van der Waals surface area (Å²) in [6.07, 6.45) is 0. The summed E-state index contributed by atoms with van der Waals surface area (Å²) >= 11 is 0. The second-order valence-electron chi connectivity index (χ2n) is 3.27. The van der Waals surface area contributed by atoms with Crippen LogP contribution in [0.5, 0.6) is 0 Å². The number of cyclic esters (lactones) is 2. The highest BCUT2D eigenvalue weighted by atomic mass is 16.6. The van der Waals surface area contributed by atoms with Crippen LogP contribution >= 0.6 is 0 Å². The molecule has 17 heavy (non-hydrogen) atoms. The molecule has 0 aliphatic carbocycles. The summed E-state index contributed by atoms with van der Waals surface area (Å²) in [5.74, 6) is -3.48. The van der Waals surface area contributed by atoms with E-state index >= 15 is 0 Å². The Hall–Kier alpha value is -2.16. The van der Waals surface area contributed by atoms with Gasteiger partial charge in [-0.05, 0) is 0 Å².